The minimum atomic E-state index is -1.11. The molecule has 0 amide bonds. The van der Waals surface area contributed by atoms with Crippen LogP contribution >= 0.6 is 0 Å². The second-order valence-corrected chi connectivity index (χ2v) is 5.61. The van der Waals surface area contributed by atoms with E-state index < -0.39 is 5.97 Å². The van der Waals surface area contributed by atoms with Gasteiger partial charge in [0.1, 0.15) is 0 Å². The van der Waals surface area contributed by atoms with Crippen LogP contribution in [-0.2, 0) is 0 Å². The van der Waals surface area contributed by atoms with Crippen LogP contribution in [0.15, 0.2) is 66.7 Å². The Bertz CT molecular complexity index is 1110. The molecule has 0 bridgehead atoms. The molecule has 0 saturated carbocycles. The van der Waals surface area contributed by atoms with Gasteiger partial charge in [-0.05, 0) is 18.2 Å². The van der Waals surface area contributed by atoms with Crippen molar-refractivity contribution >= 4 is 33.6 Å². The maximum Gasteiger partial charge on any atom is 0.336 e. The van der Waals surface area contributed by atoms with Crippen LogP contribution in [0.4, 0.5) is 0 Å². The molecule has 0 fully saturated rings. The van der Waals surface area contributed by atoms with E-state index in [-0.39, 0.29) is 16.9 Å². The Kier molecular flexibility index (Phi) is 3.17. The van der Waals surface area contributed by atoms with Gasteiger partial charge in [-0.15, -0.1) is 0 Å². The smallest absolute Gasteiger partial charge is 0.336 e. The zero-order chi connectivity index (χ0) is 16.7. The molecule has 0 aliphatic heterocycles. The number of benzene rings is 3. The van der Waals surface area contributed by atoms with Gasteiger partial charge in [0.2, 0.25) is 0 Å². The molecule has 116 valence electrons. The third kappa shape index (κ3) is 2.16. The number of para-hydroxylation sites is 1. The zero-order valence-electron chi connectivity index (χ0n) is 12.6. The van der Waals surface area contributed by atoms with E-state index in [1.165, 1.54) is 6.07 Å². The van der Waals surface area contributed by atoms with Crippen LogP contribution in [0.2, 0.25) is 0 Å². The van der Waals surface area contributed by atoms with Gasteiger partial charge in [0.25, 0.3) is 0 Å². The van der Waals surface area contributed by atoms with Crippen molar-refractivity contribution in [3.05, 3.63) is 83.4 Å². The number of ketones is 1. The van der Waals surface area contributed by atoms with E-state index in [1.807, 2.05) is 30.3 Å². The highest BCUT2D eigenvalue weighted by atomic mass is 16.4. The topological polar surface area (TPSA) is 70.2 Å². The molecule has 0 atom stereocenters. The monoisotopic (exact) mass is 315 g/mol. The van der Waals surface area contributed by atoms with Crippen LogP contribution in [0, 0.1) is 0 Å². The number of fused-ring (bicyclic) bond motifs is 3. The summed E-state index contributed by atoms with van der Waals surface area (Å²) in [5, 5.41) is 11.4. The number of aromatic amines is 1. The van der Waals surface area contributed by atoms with E-state index in [9.17, 15) is 14.7 Å². The molecule has 0 saturated heterocycles. The van der Waals surface area contributed by atoms with E-state index in [0.29, 0.717) is 5.56 Å². The maximum atomic E-state index is 12.8. The number of hydrogen-bond acceptors (Lipinski definition) is 2. The Balaban J connectivity index is 1.86. The number of carbonyl (C=O) groups excluding carboxylic acids is 1. The second kappa shape index (κ2) is 5.35. The summed E-state index contributed by atoms with van der Waals surface area (Å²) in [4.78, 5) is 27.4. The standard InChI is InChI=1S/C20H13NO3/c22-19(15-6-1-2-7-16(15)20(23)24)12-9-10-14-13-5-3-4-8-17(13)21-18(14)11-12/h1-11,21H,(H,23,24). The van der Waals surface area contributed by atoms with Crippen molar-refractivity contribution in [2.24, 2.45) is 0 Å². The Labute approximate surface area is 137 Å². The molecule has 4 aromatic rings. The number of aromatic nitrogens is 1. The molecular weight excluding hydrogens is 302 g/mol. The van der Waals surface area contributed by atoms with Crippen LogP contribution in [0.3, 0.4) is 0 Å². The lowest BCUT2D eigenvalue weighted by atomic mass is 9.97. The van der Waals surface area contributed by atoms with Gasteiger partial charge in [-0.1, -0.05) is 48.5 Å². The van der Waals surface area contributed by atoms with Crippen LogP contribution in [-0.4, -0.2) is 21.8 Å². The maximum absolute atomic E-state index is 12.8. The molecular formula is C20H13NO3. The van der Waals surface area contributed by atoms with Gasteiger partial charge in [-0.3, -0.25) is 4.79 Å². The van der Waals surface area contributed by atoms with Gasteiger partial charge >= 0.3 is 5.97 Å². The molecule has 2 N–H and O–H groups in total. The van der Waals surface area contributed by atoms with E-state index in [0.717, 1.165) is 21.8 Å². The van der Waals surface area contributed by atoms with Crippen molar-refractivity contribution in [2.75, 3.05) is 0 Å². The molecule has 1 aromatic heterocycles. The molecule has 0 radical (unpaired) electrons. The number of nitrogens with one attached hydrogen (secondary N) is 1. The van der Waals surface area contributed by atoms with Gasteiger partial charge in [-0.2, -0.15) is 0 Å². The SMILES string of the molecule is O=C(O)c1ccccc1C(=O)c1ccc2c(c1)[nH]c1ccccc12. The summed E-state index contributed by atoms with van der Waals surface area (Å²) in [5.41, 5.74) is 2.53. The van der Waals surface area contributed by atoms with Crippen LogP contribution in [0.25, 0.3) is 21.8 Å². The number of rotatable bonds is 3. The first kappa shape index (κ1) is 14.2. The van der Waals surface area contributed by atoms with E-state index >= 15 is 0 Å². The van der Waals surface area contributed by atoms with Gasteiger partial charge in [0.05, 0.1) is 5.56 Å². The summed E-state index contributed by atoms with van der Waals surface area (Å²) in [6.45, 7) is 0. The average Bonchev–Trinajstić information content (AvgIpc) is 2.98. The number of hydrogen-bond donors (Lipinski definition) is 2. The second-order valence-electron chi connectivity index (χ2n) is 5.61. The Morgan fingerprint density at radius 2 is 1.42 bits per heavy atom. The van der Waals surface area contributed by atoms with Crippen LogP contribution < -0.4 is 0 Å². The molecule has 0 aliphatic carbocycles. The van der Waals surface area contributed by atoms with Gasteiger partial charge in [0.15, 0.2) is 5.78 Å². The van der Waals surface area contributed by atoms with Crippen molar-refractivity contribution < 1.29 is 14.7 Å². The number of aromatic carboxylic acids is 1. The molecule has 24 heavy (non-hydrogen) atoms. The number of H-pyrrole nitrogens is 1. The highest BCUT2D eigenvalue weighted by Gasteiger charge is 2.18. The fourth-order valence-corrected chi connectivity index (χ4v) is 3.02. The normalized spacial score (nSPS) is 11.0. The van der Waals surface area contributed by atoms with E-state index in [1.54, 1.807) is 30.3 Å². The van der Waals surface area contributed by atoms with Gasteiger partial charge < -0.3 is 10.1 Å². The molecule has 0 aliphatic rings. The molecule has 0 spiro atoms. The minimum absolute atomic E-state index is 0.0132. The number of carbonyl (C=O) groups is 2. The summed E-state index contributed by atoms with van der Waals surface area (Å²) in [6, 6.07) is 19.6. The van der Waals surface area contributed by atoms with E-state index in [2.05, 4.69) is 4.98 Å². The third-order valence-electron chi connectivity index (χ3n) is 4.17. The molecule has 1 heterocycles. The third-order valence-corrected chi connectivity index (χ3v) is 4.17. The number of carboxylic acids is 1. The lowest BCUT2D eigenvalue weighted by molar-refractivity contribution is 0.0693. The predicted molar refractivity (Wildman–Crippen MR) is 92.6 cm³/mol. The van der Waals surface area contributed by atoms with Gasteiger partial charge in [0, 0.05) is 32.9 Å². The Morgan fingerprint density at radius 3 is 2.21 bits per heavy atom. The average molecular weight is 315 g/mol. The van der Waals surface area contributed by atoms with Crippen molar-refractivity contribution in [1.82, 2.24) is 4.98 Å². The largest absolute Gasteiger partial charge is 0.478 e. The van der Waals surface area contributed by atoms with Crippen molar-refractivity contribution in [1.29, 1.82) is 0 Å². The quantitative estimate of drug-likeness (QED) is 0.555. The van der Waals surface area contributed by atoms with E-state index in [4.69, 9.17) is 0 Å². The predicted octanol–water partition coefficient (Wildman–Crippen LogP) is 4.25. The summed E-state index contributed by atoms with van der Waals surface area (Å²) in [7, 11) is 0. The van der Waals surface area contributed by atoms with Crippen molar-refractivity contribution in [3.63, 3.8) is 0 Å². The molecule has 4 heteroatoms. The first-order chi connectivity index (χ1) is 11.6. The zero-order valence-corrected chi connectivity index (χ0v) is 12.6. The highest BCUT2D eigenvalue weighted by Crippen LogP contribution is 2.27. The lowest BCUT2D eigenvalue weighted by Crippen LogP contribution is -2.09. The summed E-state index contributed by atoms with van der Waals surface area (Å²) >= 11 is 0. The lowest BCUT2D eigenvalue weighted by Gasteiger charge is -2.05. The summed E-state index contributed by atoms with van der Waals surface area (Å²) in [5.74, 6) is -1.40. The Hall–Kier alpha value is -3.40. The number of carboxylic acid groups (broad SMARTS) is 1. The fraction of sp³-hybridized carbons (Fsp3) is 0. The Morgan fingerprint density at radius 1 is 0.750 bits per heavy atom. The first-order valence-corrected chi connectivity index (χ1v) is 7.52. The van der Waals surface area contributed by atoms with Gasteiger partial charge in [-0.25, -0.2) is 4.79 Å². The first-order valence-electron chi connectivity index (χ1n) is 7.52. The molecule has 4 nitrogen and oxygen atoms in total. The molecule has 4 rings (SSSR count). The van der Waals surface area contributed by atoms with Crippen molar-refractivity contribution in [3.8, 4) is 0 Å². The highest BCUT2D eigenvalue weighted by molar-refractivity contribution is 6.16. The summed E-state index contributed by atoms with van der Waals surface area (Å²) < 4.78 is 0. The fourth-order valence-electron chi connectivity index (χ4n) is 3.02. The summed E-state index contributed by atoms with van der Waals surface area (Å²) in [6.07, 6.45) is 0. The minimum Gasteiger partial charge on any atom is -0.478 e. The van der Waals surface area contributed by atoms with Crippen LogP contribution in [0.5, 0.6) is 0 Å². The van der Waals surface area contributed by atoms with Crippen molar-refractivity contribution in [2.45, 2.75) is 0 Å². The molecule has 3 aromatic carbocycles. The van der Waals surface area contributed by atoms with Crippen LogP contribution in [0.1, 0.15) is 26.3 Å². The molecule has 0 unspecified atom stereocenters.